The largest absolute Gasteiger partial charge is 0.481 e. The van der Waals surface area contributed by atoms with Crippen LogP contribution >= 0.6 is 0 Å². The van der Waals surface area contributed by atoms with Gasteiger partial charge in [0.05, 0.1) is 17.0 Å². The van der Waals surface area contributed by atoms with Gasteiger partial charge in [-0.1, -0.05) is 60.7 Å². The average molecular weight is 619 g/mol. The van der Waals surface area contributed by atoms with Crippen LogP contribution in [-0.4, -0.2) is 38.3 Å². The Morgan fingerprint density at radius 3 is 2.20 bits per heavy atom. The van der Waals surface area contributed by atoms with Gasteiger partial charge in [-0.3, -0.25) is 13.9 Å². The third-order valence-corrected chi connectivity index (χ3v) is 9.40. The normalized spacial score (nSPS) is 18.1. The van der Waals surface area contributed by atoms with Crippen molar-refractivity contribution in [3.63, 3.8) is 0 Å². The summed E-state index contributed by atoms with van der Waals surface area (Å²) < 4.78 is 15.6. The van der Waals surface area contributed by atoms with Gasteiger partial charge in [0, 0.05) is 31.9 Å². The maximum atomic E-state index is 13.8. The summed E-state index contributed by atoms with van der Waals surface area (Å²) >= 11 is 0. The van der Waals surface area contributed by atoms with Crippen molar-refractivity contribution >= 4 is 22.7 Å². The molecule has 0 radical (unpaired) electrons. The molecule has 3 aromatic carbocycles. The lowest BCUT2D eigenvalue weighted by Gasteiger charge is -2.34. The Labute approximate surface area is 267 Å². The molecule has 5 aromatic rings. The molecule has 1 aliphatic carbocycles. The molecule has 0 spiro atoms. The number of rotatable bonds is 11. The van der Waals surface area contributed by atoms with E-state index in [1.54, 1.807) is 22.2 Å². The number of piperidine rings is 1. The number of imidazole rings is 1. The molecule has 3 heterocycles. The van der Waals surface area contributed by atoms with Gasteiger partial charge in [-0.05, 0) is 72.9 Å². The first-order chi connectivity index (χ1) is 22.4. The second-order valence-electron chi connectivity index (χ2n) is 12.5. The van der Waals surface area contributed by atoms with E-state index >= 15 is 0 Å². The van der Waals surface area contributed by atoms with Gasteiger partial charge in [0.15, 0.2) is 0 Å². The molecule has 2 unspecified atom stereocenters. The Morgan fingerprint density at radius 2 is 1.54 bits per heavy atom. The SMILES string of the molecule is Cn1c(=O)n(-c2ccc(OCc3ccccc3)nc2OCc2ccccc2)c2ccc(N3CCC(CC4CC4C(=O)O)CC3)cc21. The Morgan fingerprint density at radius 1 is 0.870 bits per heavy atom. The van der Waals surface area contributed by atoms with Crippen LogP contribution in [0.15, 0.2) is 95.8 Å². The number of aryl methyl sites for hydroxylation is 1. The minimum atomic E-state index is -0.647. The zero-order valence-electron chi connectivity index (χ0n) is 25.9. The summed E-state index contributed by atoms with van der Waals surface area (Å²) in [6, 6.07) is 29.5. The van der Waals surface area contributed by atoms with Crippen molar-refractivity contribution in [2.45, 2.75) is 38.9 Å². The Bertz CT molecular complexity index is 1890. The van der Waals surface area contributed by atoms with Crippen molar-refractivity contribution in [1.82, 2.24) is 14.1 Å². The minimum Gasteiger partial charge on any atom is -0.481 e. The second kappa shape index (κ2) is 12.7. The molecule has 1 saturated heterocycles. The first-order valence-corrected chi connectivity index (χ1v) is 16.0. The lowest BCUT2D eigenvalue weighted by molar-refractivity contribution is -0.138. The van der Waals surface area contributed by atoms with Crippen molar-refractivity contribution in [2.24, 2.45) is 24.8 Å². The maximum Gasteiger partial charge on any atom is 0.333 e. The molecule has 0 bridgehead atoms. The molecule has 2 aromatic heterocycles. The van der Waals surface area contributed by atoms with Gasteiger partial charge in [0.1, 0.15) is 18.9 Å². The van der Waals surface area contributed by atoms with E-state index in [2.05, 4.69) is 17.0 Å². The highest BCUT2D eigenvalue weighted by atomic mass is 16.5. The average Bonchev–Trinajstić information content (AvgIpc) is 3.82. The van der Waals surface area contributed by atoms with E-state index < -0.39 is 5.97 Å². The molecule has 9 nitrogen and oxygen atoms in total. The van der Waals surface area contributed by atoms with Crippen LogP contribution < -0.4 is 20.1 Å². The Hall–Kier alpha value is -5.05. The molecule has 1 N–H and O–H groups in total. The fourth-order valence-corrected chi connectivity index (χ4v) is 6.65. The number of aliphatic carboxylic acids is 1. The standard InChI is InChI=1S/C37H38N4O5/c1-39-33-22-29(40-18-16-25(17-19-40)20-28-21-30(28)36(42)43)12-13-31(33)41(37(39)44)32-14-15-34(45-23-26-8-4-2-5-9-26)38-35(32)46-24-27-10-6-3-7-11-27/h2-15,22,25,28,30H,16-21,23-24H2,1H3,(H,42,43). The van der Waals surface area contributed by atoms with Gasteiger partial charge < -0.3 is 19.5 Å². The van der Waals surface area contributed by atoms with E-state index in [-0.39, 0.29) is 11.6 Å². The number of ether oxygens (including phenoxy) is 2. The van der Waals surface area contributed by atoms with E-state index in [0.29, 0.717) is 42.5 Å². The van der Waals surface area contributed by atoms with E-state index in [0.717, 1.165) is 66.6 Å². The fraction of sp³-hybridized carbons (Fsp3) is 0.324. The number of carboxylic acids is 1. The molecule has 236 valence electrons. The van der Waals surface area contributed by atoms with E-state index in [1.807, 2.05) is 72.8 Å². The highest BCUT2D eigenvalue weighted by molar-refractivity contribution is 5.82. The summed E-state index contributed by atoms with van der Waals surface area (Å²) in [5, 5.41) is 9.26. The number of carboxylic acid groups (broad SMARTS) is 1. The summed E-state index contributed by atoms with van der Waals surface area (Å²) in [5.41, 5.74) is 5.05. The first-order valence-electron chi connectivity index (χ1n) is 16.0. The van der Waals surface area contributed by atoms with Crippen LogP contribution in [0.3, 0.4) is 0 Å². The third kappa shape index (κ3) is 6.22. The molecule has 1 aliphatic heterocycles. The van der Waals surface area contributed by atoms with Crippen LogP contribution in [0.1, 0.15) is 36.8 Å². The molecule has 1 saturated carbocycles. The van der Waals surface area contributed by atoms with Crippen molar-refractivity contribution in [1.29, 1.82) is 0 Å². The monoisotopic (exact) mass is 618 g/mol. The molecule has 7 rings (SSSR count). The highest BCUT2D eigenvalue weighted by Gasteiger charge is 2.44. The summed E-state index contributed by atoms with van der Waals surface area (Å²) in [5.74, 6) is 0.863. The van der Waals surface area contributed by atoms with Gasteiger partial charge in [-0.25, -0.2) is 4.79 Å². The molecule has 2 fully saturated rings. The number of hydrogen-bond donors (Lipinski definition) is 1. The molecule has 2 atom stereocenters. The van der Waals surface area contributed by atoms with Gasteiger partial charge in [-0.15, -0.1) is 0 Å². The number of aromatic nitrogens is 3. The maximum absolute atomic E-state index is 13.8. The highest BCUT2D eigenvalue weighted by Crippen LogP contribution is 2.45. The predicted octanol–water partition coefficient (Wildman–Crippen LogP) is 6.21. The predicted molar refractivity (Wildman–Crippen MR) is 177 cm³/mol. The molecular weight excluding hydrogens is 580 g/mol. The van der Waals surface area contributed by atoms with Crippen LogP contribution in [0.25, 0.3) is 16.7 Å². The minimum absolute atomic E-state index is 0.136. The number of anilines is 1. The fourth-order valence-electron chi connectivity index (χ4n) is 6.65. The zero-order valence-corrected chi connectivity index (χ0v) is 25.9. The molecular formula is C37H38N4O5. The molecule has 0 amide bonds. The number of carbonyl (C=O) groups is 1. The zero-order chi connectivity index (χ0) is 31.6. The number of nitrogens with zero attached hydrogens (tertiary/aromatic N) is 4. The summed E-state index contributed by atoms with van der Waals surface area (Å²) in [6.07, 6.45) is 3.94. The lowest BCUT2D eigenvalue weighted by Crippen LogP contribution is -2.33. The first kappa shape index (κ1) is 29.6. The summed E-state index contributed by atoms with van der Waals surface area (Å²) in [4.78, 5) is 32.1. The Kier molecular flexibility index (Phi) is 8.22. The number of hydrogen-bond acceptors (Lipinski definition) is 6. The van der Waals surface area contributed by atoms with Crippen LogP contribution in [0.2, 0.25) is 0 Å². The Balaban J connectivity index is 1.14. The van der Waals surface area contributed by atoms with Gasteiger partial charge in [0.25, 0.3) is 0 Å². The number of pyridine rings is 1. The smallest absolute Gasteiger partial charge is 0.333 e. The number of benzene rings is 3. The van der Waals surface area contributed by atoms with Gasteiger partial charge >= 0.3 is 11.7 Å². The molecule has 2 aliphatic rings. The summed E-state index contributed by atoms with van der Waals surface area (Å²) in [6.45, 7) is 2.49. The van der Waals surface area contributed by atoms with Crippen molar-refractivity contribution in [3.8, 4) is 17.4 Å². The van der Waals surface area contributed by atoms with Crippen molar-refractivity contribution < 1.29 is 19.4 Å². The van der Waals surface area contributed by atoms with Crippen LogP contribution in [-0.2, 0) is 25.1 Å². The van der Waals surface area contributed by atoms with Crippen molar-refractivity contribution in [2.75, 3.05) is 18.0 Å². The third-order valence-electron chi connectivity index (χ3n) is 9.40. The second-order valence-corrected chi connectivity index (χ2v) is 12.5. The lowest BCUT2D eigenvalue weighted by atomic mass is 9.90. The molecule has 9 heteroatoms. The number of fused-ring (bicyclic) bond motifs is 1. The van der Waals surface area contributed by atoms with E-state index in [1.165, 1.54) is 0 Å². The van der Waals surface area contributed by atoms with Crippen LogP contribution in [0.5, 0.6) is 11.8 Å². The van der Waals surface area contributed by atoms with Crippen LogP contribution in [0.4, 0.5) is 5.69 Å². The quantitative estimate of drug-likeness (QED) is 0.188. The van der Waals surface area contributed by atoms with Crippen molar-refractivity contribution in [3.05, 3.63) is 113 Å². The van der Waals surface area contributed by atoms with Gasteiger partial charge in [-0.2, -0.15) is 4.98 Å². The van der Waals surface area contributed by atoms with E-state index in [9.17, 15) is 14.7 Å². The molecule has 46 heavy (non-hydrogen) atoms. The van der Waals surface area contributed by atoms with Crippen LogP contribution in [0, 0.1) is 17.8 Å². The topological polar surface area (TPSA) is 98.8 Å². The van der Waals surface area contributed by atoms with E-state index in [4.69, 9.17) is 14.5 Å². The van der Waals surface area contributed by atoms with Gasteiger partial charge in [0.2, 0.25) is 11.8 Å². The summed E-state index contributed by atoms with van der Waals surface area (Å²) in [7, 11) is 1.79.